The first-order valence-electron chi connectivity index (χ1n) is 5.29. The van der Waals surface area contributed by atoms with Crippen LogP contribution in [0.15, 0.2) is 0 Å². The molecule has 12 heavy (non-hydrogen) atoms. The highest BCUT2D eigenvalue weighted by atomic mass is 32.2. The Bertz CT molecular complexity index is 110. The maximum Gasteiger partial charge on any atom is 0.0447 e. The molecule has 0 bridgehead atoms. The van der Waals surface area contributed by atoms with Gasteiger partial charge in [0.05, 0.1) is 0 Å². The Labute approximate surface area is 79.9 Å². The average molecular weight is 185 g/mol. The summed E-state index contributed by atoms with van der Waals surface area (Å²) in [6.07, 6.45) is 8.81. The Morgan fingerprint density at radius 1 is 1.00 bits per heavy atom. The van der Waals surface area contributed by atoms with Crippen LogP contribution in [0.2, 0.25) is 0 Å². The molecule has 0 spiro atoms. The van der Waals surface area contributed by atoms with Crippen molar-refractivity contribution in [1.29, 1.82) is 0 Å². The lowest BCUT2D eigenvalue weighted by Crippen LogP contribution is -2.19. The van der Waals surface area contributed by atoms with Crippen LogP contribution in [-0.4, -0.2) is 29.1 Å². The van der Waals surface area contributed by atoms with E-state index < -0.39 is 0 Å². The van der Waals surface area contributed by atoms with Crippen LogP contribution in [0.3, 0.4) is 0 Å². The molecule has 70 valence electrons. The van der Waals surface area contributed by atoms with Crippen LogP contribution in [0.5, 0.6) is 0 Å². The number of hydrogen-bond acceptors (Lipinski definition) is 2. The predicted molar refractivity (Wildman–Crippen MR) is 55.5 cm³/mol. The van der Waals surface area contributed by atoms with E-state index in [1.54, 1.807) is 0 Å². The van der Waals surface area contributed by atoms with Gasteiger partial charge >= 0.3 is 0 Å². The van der Waals surface area contributed by atoms with E-state index in [2.05, 4.69) is 16.7 Å². The third-order valence-electron chi connectivity index (χ3n) is 2.99. The van der Waals surface area contributed by atoms with Gasteiger partial charge in [0, 0.05) is 11.1 Å². The average Bonchev–Trinajstić information content (AvgIpc) is 2.74. The Hall–Kier alpha value is 0.310. The quantitative estimate of drug-likeness (QED) is 0.665. The second-order valence-electron chi connectivity index (χ2n) is 4.03. The fraction of sp³-hybridized carbons (Fsp3) is 1.00. The van der Waals surface area contributed by atoms with Crippen molar-refractivity contribution >= 4 is 11.8 Å². The molecule has 0 N–H and O–H groups in total. The van der Waals surface area contributed by atoms with E-state index in [1.807, 2.05) is 0 Å². The molecule has 0 aromatic carbocycles. The van der Waals surface area contributed by atoms with E-state index in [0.29, 0.717) is 0 Å². The molecule has 0 unspecified atom stereocenters. The van der Waals surface area contributed by atoms with Crippen LogP contribution >= 0.6 is 11.8 Å². The lowest BCUT2D eigenvalue weighted by molar-refractivity contribution is 0.400. The van der Waals surface area contributed by atoms with Gasteiger partial charge in [-0.05, 0) is 38.8 Å². The van der Waals surface area contributed by atoms with Crippen LogP contribution < -0.4 is 0 Å². The first-order valence-corrected chi connectivity index (χ1v) is 6.34. The second kappa shape index (κ2) is 4.52. The maximum absolute atomic E-state index is 2.61. The van der Waals surface area contributed by atoms with Crippen molar-refractivity contribution in [2.45, 2.75) is 43.8 Å². The van der Waals surface area contributed by atoms with Gasteiger partial charge in [0.15, 0.2) is 0 Å². The summed E-state index contributed by atoms with van der Waals surface area (Å²) < 4.78 is 0. The maximum atomic E-state index is 2.61. The van der Waals surface area contributed by atoms with Gasteiger partial charge in [0.1, 0.15) is 0 Å². The van der Waals surface area contributed by atoms with E-state index in [0.717, 1.165) is 5.25 Å². The molecule has 0 atom stereocenters. The Morgan fingerprint density at radius 2 is 1.67 bits per heavy atom. The highest BCUT2D eigenvalue weighted by Gasteiger charge is 2.17. The van der Waals surface area contributed by atoms with Crippen molar-refractivity contribution in [1.82, 2.24) is 4.90 Å². The Balaban J connectivity index is 1.60. The number of hydrogen-bond donors (Lipinski definition) is 0. The highest BCUT2D eigenvalue weighted by Crippen LogP contribution is 2.30. The lowest BCUT2D eigenvalue weighted by Gasteiger charge is -2.16. The fourth-order valence-electron chi connectivity index (χ4n) is 2.18. The van der Waals surface area contributed by atoms with Gasteiger partial charge < -0.3 is 0 Å². The monoisotopic (exact) mass is 185 g/mol. The normalized spacial score (nSPS) is 27.0. The molecule has 2 aliphatic rings. The minimum atomic E-state index is 1.01. The zero-order valence-corrected chi connectivity index (χ0v) is 8.61. The third kappa shape index (κ3) is 2.40. The number of thioether (sulfide) groups is 1. The SMILES string of the molecule is C1CCC(SCN2CCCC2)C1. The van der Waals surface area contributed by atoms with Crippen LogP contribution in [0.1, 0.15) is 38.5 Å². The van der Waals surface area contributed by atoms with Crippen molar-refractivity contribution in [3.8, 4) is 0 Å². The molecule has 0 aromatic heterocycles. The van der Waals surface area contributed by atoms with Gasteiger partial charge in [0.25, 0.3) is 0 Å². The van der Waals surface area contributed by atoms with Gasteiger partial charge in [-0.2, -0.15) is 0 Å². The van der Waals surface area contributed by atoms with Gasteiger partial charge in [-0.1, -0.05) is 12.8 Å². The largest absolute Gasteiger partial charge is 0.294 e. The van der Waals surface area contributed by atoms with Crippen molar-refractivity contribution in [2.24, 2.45) is 0 Å². The molecule has 2 heteroatoms. The summed E-state index contributed by atoms with van der Waals surface area (Å²) in [6, 6.07) is 0. The smallest absolute Gasteiger partial charge is 0.0447 e. The summed E-state index contributed by atoms with van der Waals surface area (Å²) in [5.74, 6) is 1.31. The van der Waals surface area contributed by atoms with Crippen molar-refractivity contribution in [3.63, 3.8) is 0 Å². The van der Waals surface area contributed by atoms with Crippen LogP contribution in [-0.2, 0) is 0 Å². The van der Waals surface area contributed by atoms with E-state index in [-0.39, 0.29) is 0 Å². The fourth-order valence-corrected chi connectivity index (χ4v) is 3.52. The molecule has 0 radical (unpaired) electrons. The predicted octanol–water partition coefficient (Wildman–Crippen LogP) is 2.72. The van der Waals surface area contributed by atoms with Crippen molar-refractivity contribution in [3.05, 3.63) is 0 Å². The number of likely N-dealkylation sites (tertiary alicyclic amines) is 1. The Morgan fingerprint density at radius 3 is 2.33 bits per heavy atom. The van der Waals surface area contributed by atoms with E-state index in [9.17, 15) is 0 Å². The summed E-state index contributed by atoms with van der Waals surface area (Å²) >= 11 is 2.21. The van der Waals surface area contributed by atoms with Crippen LogP contribution in [0.4, 0.5) is 0 Å². The number of nitrogens with zero attached hydrogens (tertiary/aromatic N) is 1. The van der Waals surface area contributed by atoms with Crippen molar-refractivity contribution < 1.29 is 0 Å². The molecular weight excluding hydrogens is 166 g/mol. The summed E-state index contributed by atoms with van der Waals surface area (Å²) in [5.41, 5.74) is 0. The zero-order chi connectivity index (χ0) is 8.23. The molecule has 1 aliphatic carbocycles. The molecule has 1 nitrogen and oxygen atoms in total. The summed E-state index contributed by atoms with van der Waals surface area (Å²) in [5, 5.41) is 1.01. The lowest BCUT2D eigenvalue weighted by atomic mass is 10.4. The summed E-state index contributed by atoms with van der Waals surface area (Å²) in [6.45, 7) is 2.72. The first kappa shape index (κ1) is 8.89. The molecule has 1 aliphatic heterocycles. The van der Waals surface area contributed by atoms with E-state index in [1.165, 1.54) is 57.5 Å². The minimum absolute atomic E-state index is 1.01. The van der Waals surface area contributed by atoms with E-state index >= 15 is 0 Å². The summed E-state index contributed by atoms with van der Waals surface area (Å²) in [7, 11) is 0. The van der Waals surface area contributed by atoms with E-state index in [4.69, 9.17) is 0 Å². The topological polar surface area (TPSA) is 3.24 Å². The molecule has 0 amide bonds. The van der Waals surface area contributed by atoms with Gasteiger partial charge in [-0.15, -0.1) is 11.8 Å². The molecule has 2 rings (SSSR count). The standard InChI is InChI=1S/C10H19NS/c1-2-6-10(5-1)12-9-11-7-3-4-8-11/h10H,1-9H2. The second-order valence-corrected chi connectivity index (χ2v) is 5.29. The van der Waals surface area contributed by atoms with Crippen molar-refractivity contribution in [2.75, 3.05) is 19.0 Å². The number of rotatable bonds is 3. The van der Waals surface area contributed by atoms with Gasteiger partial charge in [-0.3, -0.25) is 4.90 Å². The minimum Gasteiger partial charge on any atom is -0.294 e. The molecule has 1 heterocycles. The van der Waals surface area contributed by atoms with Crippen LogP contribution in [0.25, 0.3) is 0 Å². The zero-order valence-electron chi connectivity index (χ0n) is 7.80. The van der Waals surface area contributed by atoms with Crippen LogP contribution in [0, 0.1) is 0 Å². The molecule has 0 aromatic rings. The highest BCUT2D eigenvalue weighted by molar-refractivity contribution is 7.99. The first-order chi connectivity index (χ1) is 5.95. The molecule has 1 saturated heterocycles. The molecular formula is C10H19NS. The molecule has 1 saturated carbocycles. The van der Waals surface area contributed by atoms with Gasteiger partial charge in [-0.25, -0.2) is 0 Å². The molecule has 2 fully saturated rings. The Kier molecular flexibility index (Phi) is 3.35. The van der Waals surface area contributed by atoms with Gasteiger partial charge in [0.2, 0.25) is 0 Å². The summed E-state index contributed by atoms with van der Waals surface area (Å²) in [4.78, 5) is 2.61. The third-order valence-corrected chi connectivity index (χ3v) is 4.45.